The Morgan fingerprint density at radius 1 is 1.12 bits per heavy atom. The van der Waals surface area contributed by atoms with Crippen molar-refractivity contribution in [1.82, 2.24) is 0 Å². The Kier molecular flexibility index (Phi) is 5.94. The Bertz CT molecular complexity index is 706. The second kappa shape index (κ2) is 8.37. The van der Waals surface area contributed by atoms with E-state index in [1.807, 2.05) is 61.5 Å². The highest BCUT2D eigenvalue weighted by molar-refractivity contribution is 5.99. The smallest absolute Gasteiger partial charge is 0.235 e. The van der Waals surface area contributed by atoms with Crippen LogP contribution in [0.2, 0.25) is 0 Å². The SMILES string of the molecule is CCC(C)Oc1ccc(NC(=O)C2(c3ccccc3)CCOCC2)cc1. The minimum absolute atomic E-state index is 0.0302. The number of nitrogens with one attached hydrogen (secondary N) is 1. The first-order chi connectivity index (χ1) is 12.6. The Hall–Kier alpha value is -2.33. The summed E-state index contributed by atoms with van der Waals surface area (Å²) in [4.78, 5) is 13.2. The number of hydrogen-bond donors (Lipinski definition) is 1. The molecule has 0 spiro atoms. The van der Waals surface area contributed by atoms with E-state index in [4.69, 9.17) is 9.47 Å². The van der Waals surface area contributed by atoms with E-state index in [0.29, 0.717) is 26.1 Å². The highest BCUT2D eigenvalue weighted by atomic mass is 16.5. The molecule has 1 heterocycles. The van der Waals surface area contributed by atoms with Crippen LogP contribution in [0.5, 0.6) is 5.75 Å². The average Bonchev–Trinajstić information content (AvgIpc) is 2.70. The maximum atomic E-state index is 13.2. The van der Waals surface area contributed by atoms with Crippen LogP contribution < -0.4 is 10.1 Å². The maximum Gasteiger partial charge on any atom is 0.235 e. The summed E-state index contributed by atoms with van der Waals surface area (Å²) in [5.74, 6) is 0.851. The fraction of sp³-hybridized carbons (Fsp3) is 0.409. The van der Waals surface area contributed by atoms with Gasteiger partial charge in [0.25, 0.3) is 0 Å². The second-order valence-electron chi connectivity index (χ2n) is 6.88. The van der Waals surface area contributed by atoms with E-state index in [1.165, 1.54) is 0 Å². The van der Waals surface area contributed by atoms with Crippen LogP contribution in [0.3, 0.4) is 0 Å². The molecule has 0 radical (unpaired) electrons. The number of benzene rings is 2. The van der Waals surface area contributed by atoms with Gasteiger partial charge in [-0.15, -0.1) is 0 Å². The van der Waals surface area contributed by atoms with E-state index in [-0.39, 0.29) is 12.0 Å². The molecule has 1 amide bonds. The van der Waals surface area contributed by atoms with Crippen molar-refractivity contribution in [2.75, 3.05) is 18.5 Å². The average molecular weight is 353 g/mol. The Morgan fingerprint density at radius 3 is 2.38 bits per heavy atom. The van der Waals surface area contributed by atoms with Crippen molar-refractivity contribution in [2.45, 2.75) is 44.6 Å². The molecule has 3 rings (SSSR count). The van der Waals surface area contributed by atoms with Crippen molar-refractivity contribution in [1.29, 1.82) is 0 Å². The highest BCUT2D eigenvalue weighted by Gasteiger charge is 2.41. The lowest BCUT2D eigenvalue weighted by atomic mass is 9.73. The van der Waals surface area contributed by atoms with Gasteiger partial charge in [-0.1, -0.05) is 37.3 Å². The van der Waals surface area contributed by atoms with Crippen LogP contribution in [0.25, 0.3) is 0 Å². The van der Waals surface area contributed by atoms with Gasteiger partial charge in [-0.2, -0.15) is 0 Å². The molecule has 1 atom stereocenters. The Morgan fingerprint density at radius 2 is 1.77 bits per heavy atom. The first kappa shape index (κ1) is 18.5. The van der Waals surface area contributed by atoms with Gasteiger partial charge in [-0.25, -0.2) is 0 Å². The number of carbonyl (C=O) groups is 1. The third kappa shape index (κ3) is 4.07. The number of hydrogen-bond acceptors (Lipinski definition) is 3. The molecule has 2 aromatic carbocycles. The van der Waals surface area contributed by atoms with E-state index in [9.17, 15) is 4.79 Å². The molecule has 0 aromatic heterocycles. The van der Waals surface area contributed by atoms with Crippen molar-refractivity contribution < 1.29 is 14.3 Å². The quantitative estimate of drug-likeness (QED) is 0.829. The zero-order valence-electron chi connectivity index (χ0n) is 15.5. The molecule has 1 aliphatic rings. The van der Waals surface area contributed by atoms with Crippen molar-refractivity contribution in [3.05, 3.63) is 60.2 Å². The van der Waals surface area contributed by atoms with Crippen LogP contribution in [0, 0.1) is 0 Å². The van der Waals surface area contributed by atoms with E-state index < -0.39 is 5.41 Å². The van der Waals surface area contributed by atoms with E-state index in [0.717, 1.165) is 23.4 Å². The van der Waals surface area contributed by atoms with Crippen LogP contribution in [0.1, 0.15) is 38.7 Å². The lowest BCUT2D eigenvalue weighted by Gasteiger charge is -2.36. The third-order valence-electron chi connectivity index (χ3n) is 5.13. The normalized spacial score (nSPS) is 17.3. The summed E-state index contributed by atoms with van der Waals surface area (Å²) >= 11 is 0. The summed E-state index contributed by atoms with van der Waals surface area (Å²) in [5, 5.41) is 3.10. The van der Waals surface area contributed by atoms with Crippen LogP contribution in [-0.2, 0) is 14.9 Å². The summed E-state index contributed by atoms with van der Waals surface area (Å²) in [6.07, 6.45) is 2.52. The maximum absolute atomic E-state index is 13.2. The summed E-state index contributed by atoms with van der Waals surface area (Å²) < 4.78 is 11.3. The number of amides is 1. The first-order valence-corrected chi connectivity index (χ1v) is 9.35. The fourth-order valence-corrected chi connectivity index (χ4v) is 3.31. The minimum Gasteiger partial charge on any atom is -0.491 e. The number of anilines is 1. The van der Waals surface area contributed by atoms with Crippen molar-refractivity contribution in [2.24, 2.45) is 0 Å². The molecular weight excluding hydrogens is 326 g/mol. The van der Waals surface area contributed by atoms with Gasteiger partial charge in [0.2, 0.25) is 5.91 Å². The van der Waals surface area contributed by atoms with Gasteiger partial charge < -0.3 is 14.8 Å². The molecule has 4 heteroatoms. The van der Waals surface area contributed by atoms with Gasteiger partial charge in [-0.05, 0) is 56.0 Å². The topological polar surface area (TPSA) is 47.6 Å². The molecule has 138 valence electrons. The molecule has 1 fully saturated rings. The Labute approximate surface area is 155 Å². The summed E-state index contributed by atoms with van der Waals surface area (Å²) in [7, 11) is 0. The molecule has 0 saturated carbocycles. The largest absolute Gasteiger partial charge is 0.491 e. The predicted molar refractivity (Wildman–Crippen MR) is 104 cm³/mol. The second-order valence-corrected chi connectivity index (χ2v) is 6.88. The summed E-state index contributed by atoms with van der Waals surface area (Å²) in [6.45, 7) is 5.34. The summed E-state index contributed by atoms with van der Waals surface area (Å²) in [6, 6.07) is 17.6. The number of carbonyl (C=O) groups excluding carboxylic acids is 1. The molecule has 1 saturated heterocycles. The van der Waals surface area contributed by atoms with Crippen LogP contribution >= 0.6 is 0 Å². The van der Waals surface area contributed by atoms with Crippen LogP contribution in [0.4, 0.5) is 5.69 Å². The molecule has 0 aliphatic carbocycles. The first-order valence-electron chi connectivity index (χ1n) is 9.35. The Balaban J connectivity index is 1.76. The molecule has 2 aromatic rings. The van der Waals surface area contributed by atoms with Gasteiger partial charge in [0.1, 0.15) is 5.75 Å². The van der Waals surface area contributed by atoms with Gasteiger partial charge in [0.05, 0.1) is 11.5 Å². The number of rotatable bonds is 6. The predicted octanol–water partition coefficient (Wildman–Crippen LogP) is 4.55. The van der Waals surface area contributed by atoms with Gasteiger partial charge in [-0.3, -0.25) is 4.79 Å². The van der Waals surface area contributed by atoms with E-state index >= 15 is 0 Å². The molecule has 1 N–H and O–H groups in total. The monoisotopic (exact) mass is 353 g/mol. The van der Waals surface area contributed by atoms with Crippen molar-refractivity contribution in [3.8, 4) is 5.75 Å². The van der Waals surface area contributed by atoms with E-state index in [1.54, 1.807) is 0 Å². The molecule has 1 aliphatic heterocycles. The molecule has 1 unspecified atom stereocenters. The fourth-order valence-electron chi connectivity index (χ4n) is 3.31. The van der Waals surface area contributed by atoms with Gasteiger partial charge >= 0.3 is 0 Å². The van der Waals surface area contributed by atoms with Crippen molar-refractivity contribution >= 4 is 11.6 Å². The van der Waals surface area contributed by atoms with Crippen LogP contribution in [-0.4, -0.2) is 25.2 Å². The lowest BCUT2D eigenvalue weighted by Crippen LogP contribution is -2.44. The van der Waals surface area contributed by atoms with E-state index in [2.05, 4.69) is 12.2 Å². The van der Waals surface area contributed by atoms with Gasteiger partial charge in [0, 0.05) is 18.9 Å². The van der Waals surface area contributed by atoms with Crippen molar-refractivity contribution in [3.63, 3.8) is 0 Å². The minimum atomic E-state index is -0.536. The summed E-state index contributed by atoms with van der Waals surface area (Å²) in [5.41, 5.74) is 1.30. The number of ether oxygens (including phenoxy) is 2. The highest BCUT2D eigenvalue weighted by Crippen LogP contribution is 2.36. The molecule has 4 nitrogen and oxygen atoms in total. The standard InChI is InChI=1S/C22H27NO3/c1-3-17(2)26-20-11-9-19(10-12-20)23-21(24)22(13-15-25-16-14-22)18-7-5-4-6-8-18/h4-12,17H,3,13-16H2,1-2H3,(H,23,24). The zero-order valence-corrected chi connectivity index (χ0v) is 15.5. The molecular formula is C22H27NO3. The molecule has 0 bridgehead atoms. The lowest BCUT2D eigenvalue weighted by molar-refractivity contribution is -0.125. The zero-order chi connectivity index (χ0) is 18.4. The molecule has 26 heavy (non-hydrogen) atoms. The third-order valence-corrected chi connectivity index (χ3v) is 5.13. The van der Waals surface area contributed by atoms with Gasteiger partial charge in [0.15, 0.2) is 0 Å². The van der Waals surface area contributed by atoms with Crippen LogP contribution in [0.15, 0.2) is 54.6 Å².